The zero-order valence-corrected chi connectivity index (χ0v) is 13.6. The predicted octanol–water partition coefficient (Wildman–Crippen LogP) is 4.00. The Morgan fingerprint density at radius 1 is 1.32 bits per heavy atom. The highest BCUT2D eigenvalue weighted by Crippen LogP contribution is 2.44. The Bertz CT molecular complexity index is 601. The third-order valence-electron chi connectivity index (χ3n) is 4.70. The summed E-state index contributed by atoms with van der Waals surface area (Å²) in [4.78, 5) is 12.1. The van der Waals surface area contributed by atoms with Crippen LogP contribution in [0.3, 0.4) is 0 Å². The van der Waals surface area contributed by atoms with Crippen LogP contribution in [0.1, 0.15) is 44.2 Å². The molecule has 0 spiro atoms. The first-order valence-electron chi connectivity index (χ1n) is 8.16. The molecular formula is C19H24O3. The van der Waals surface area contributed by atoms with Gasteiger partial charge >= 0.3 is 5.97 Å². The van der Waals surface area contributed by atoms with Crippen molar-refractivity contribution in [2.24, 2.45) is 11.8 Å². The molecule has 3 nitrogen and oxygen atoms in total. The second-order valence-electron chi connectivity index (χ2n) is 6.57. The lowest BCUT2D eigenvalue weighted by molar-refractivity contribution is -0.152. The Kier molecular flexibility index (Phi) is 4.23. The number of rotatable bonds is 3. The van der Waals surface area contributed by atoms with Crippen LogP contribution in [0, 0.1) is 11.8 Å². The minimum Gasteiger partial charge on any atom is -0.497 e. The number of aryl methyl sites for hydroxylation is 1. The Balaban J connectivity index is 1.81. The Labute approximate surface area is 132 Å². The smallest absolute Gasteiger partial charge is 0.309 e. The minimum atomic E-state index is -0.0363. The van der Waals surface area contributed by atoms with Gasteiger partial charge in [0.1, 0.15) is 5.75 Å². The molecule has 0 bridgehead atoms. The highest BCUT2D eigenvalue weighted by atomic mass is 16.5. The number of ether oxygens (including phenoxy) is 2. The van der Waals surface area contributed by atoms with Crippen molar-refractivity contribution in [1.29, 1.82) is 0 Å². The van der Waals surface area contributed by atoms with E-state index >= 15 is 0 Å². The molecule has 0 N–H and O–H groups in total. The Morgan fingerprint density at radius 2 is 2.14 bits per heavy atom. The van der Waals surface area contributed by atoms with Gasteiger partial charge in [-0.1, -0.05) is 12.1 Å². The number of carbonyl (C=O) groups is 1. The van der Waals surface area contributed by atoms with Crippen molar-refractivity contribution in [3.63, 3.8) is 0 Å². The summed E-state index contributed by atoms with van der Waals surface area (Å²) in [5, 5.41) is 0. The summed E-state index contributed by atoms with van der Waals surface area (Å²) in [6.07, 6.45) is 6.10. The minimum absolute atomic E-state index is 0.0240. The first-order chi connectivity index (χ1) is 10.6. The van der Waals surface area contributed by atoms with E-state index in [-0.39, 0.29) is 18.0 Å². The summed E-state index contributed by atoms with van der Waals surface area (Å²) in [5.74, 6) is 1.40. The fourth-order valence-corrected chi connectivity index (χ4v) is 3.64. The molecule has 3 heteroatoms. The number of hydrogen-bond acceptors (Lipinski definition) is 3. The SMILES string of the molecule is COc1ccc2c(c1)CC[C@@H]1C[C@H](C(=O)OC(C)C)CC=C21. The molecule has 0 unspecified atom stereocenters. The van der Waals surface area contributed by atoms with E-state index in [1.807, 2.05) is 19.9 Å². The molecular weight excluding hydrogens is 276 g/mol. The fraction of sp³-hybridized carbons (Fsp3) is 0.526. The quantitative estimate of drug-likeness (QED) is 0.791. The number of fused-ring (bicyclic) bond motifs is 3. The highest BCUT2D eigenvalue weighted by molar-refractivity contribution is 5.78. The molecule has 0 radical (unpaired) electrons. The molecule has 2 aliphatic carbocycles. The first-order valence-corrected chi connectivity index (χ1v) is 8.16. The molecule has 0 aromatic heterocycles. The van der Waals surface area contributed by atoms with Crippen LogP contribution in [0.25, 0.3) is 5.57 Å². The van der Waals surface area contributed by atoms with E-state index in [0.29, 0.717) is 5.92 Å². The number of allylic oxidation sites excluding steroid dienone is 2. The van der Waals surface area contributed by atoms with Crippen molar-refractivity contribution in [3.8, 4) is 5.75 Å². The second kappa shape index (κ2) is 6.15. The lowest BCUT2D eigenvalue weighted by atomic mass is 9.71. The third kappa shape index (κ3) is 2.90. The average Bonchev–Trinajstić information content (AvgIpc) is 2.52. The Morgan fingerprint density at radius 3 is 2.86 bits per heavy atom. The highest BCUT2D eigenvalue weighted by Gasteiger charge is 2.33. The summed E-state index contributed by atoms with van der Waals surface area (Å²) in [7, 11) is 1.71. The molecule has 0 saturated heterocycles. The number of methoxy groups -OCH3 is 1. The molecule has 0 aliphatic heterocycles. The van der Waals surface area contributed by atoms with Crippen molar-refractivity contribution < 1.29 is 14.3 Å². The topological polar surface area (TPSA) is 35.5 Å². The number of benzene rings is 1. The van der Waals surface area contributed by atoms with Gasteiger partial charge in [0.05, 0.1) is 19.1 Å². The van der Waals surface area contributed by atoms with Gasteiger partial charge in [-0.3, -0.25) is 4.79 Å². The fourth-order valence-electron chi connectivity index (χ4n) is 3.64. The van der Waals surface area contributed by atoms with E-state index < -0.39 is 0 Å². The van der Waals surface area contributed by atoms with Gasteiger partial charge in [0.15, 0.2) is 0 Å². The normalized spacial score (nSPS) is 23.4. The summed E-state index contributed by atoms with van der Waals surface area (Å²) >= 11 is 0. The molecule has 0 heterocycles. The number of carbonyl (C=O) groups excluding carboxylic acids is 1. The van der Waals surface area contributed by atoms with Crippen LogP contribution in [0.2, 0.25) is 0 Å². The van der Waals surface area contributed by atoms with E-state index in [2.05, 4.69) is 18.2 Å². The van der Waals surface area contributed by atoms with Crippen molar-refractivity contribution in [2.45, 2.75) is 45.6 Å². The first kappa shape index (κ1) is 15.1. The lowest BCUT2D eigenvalue weighted by Crippen LogP contribution is -2.28. The summed E-state index contributed by atoms with van der Waals surface area (Å²) in [6.45, 7) is 3.82. The average molecular weight is 300 g/mol. The maximum absolute atomic E-state index is 12.1. The van der Waals surface area contributed by atoms with Crippen LogP contribution >= 0.6 is 0 Å². The van der Waals surface area contributed by atoms with Gasteiger partial charge in [0.2, 0.25) is 0 Å². The standard InChI is InChI=1S/C19H24O3/c1-12(2)22-19(20)15-6-8-17-13(10-15)4-5-14-11-16(21-3)7-9-18(14)17/h7-9,11-13,15H,4-6,10H2,1-3H3/t13-,15-/m1/s1. The number of esters is 1. The van der Waals surface area contributed by atoms with Crippen molar-refractivity contribution in [1.82, 2.24) is 0 Å². The van der Waals surface area contributed by atoms with Crippen LogP contribution in [-0.2, 0) is 16.0 Å². The lowest BCUT2D eigenvalue weighted by Gasteiger charge is -2.34. The van der Waals surface area contributed by atoms with Crippen molar-refractivity contribution in [3.05, 3.63) is 35.4 Å². The van der Waals surface area contributed by atoms with Crippen molar-refractivity contribution >= 4 is 11.5 Å². The predicted molar refractivity (Wildman–Crippen MR) is 86.7 cm³/mol. The van der Waals surface area contributed by atoms with Crippen LogP contribution < -0.4 is 4.74 Å². The summed E-state index contributed by atoms with van der Waals surface area (Å²) < 4.78 is 10.7. The van der Waals surface area contributed by atoms with Gasteiger partial charge in [-0.25, -0.2) is 0 Å². The van der Waals surface area contributed by atoms with Crippen LogP contribution in [0.5, 0.6) is 5.75 Å². The third-order valence-corrected chi connectivity index (χ3v) is 4.70. The van der Waals surface area contributed by atoms with Gasteiger partial charge in [0, 0.05) is 0 Å². The Hall–Kier alpha value is -1.77. The summed E-state index contributed by atoms with van der Waals surface area (Å²) in [5.41, 5.74) is 4.12. The maximum Gasteiger partial charge on any atom is 0.309 e. The molecule has 1 aromatic rings. The molecule has 0 amide bonds. The molecule has 0 saturated carbocycles. The molecule has 0 fully saturated rings. The molecule has 2 aliphatic rings. The summed E-state index contributed by atoms with van der Waals surface area (Å²) in [6, 6.07) is 6.34. The van der Waals surface area contributed by atoms with E-state index in [1.165, 1.54) is 16.7 Å². The zero-order chi connectivity index (χ0) is 15.7. The maximum atomic E-state index is 12.1. The van der Waals surface area contributed by atoms with Gasteiger partial charge in [0.25, 0.3) is 0 Å². The molecule has 22 heavy (non-hydrogen) atoms. The van der Waals surface area contributed by atoms with E-state index in [9.17, 15) is 4.79 Å². The van der Waals surface area contributed by atoms with Crippen LogP contribution in [0.4, 0.5) is 0 Å². The molecule has 1 aromatic carbocycles. The van der Waals surface area contributed by atoms with E-state index in [4.69, 9.17) is 9.47 Å². The number of hydrogen-bond donors (Lipinski definition) is 0. The van der Waals surface area contributed by atoms with Crippen LogP contribution in [-0.4, -0.2) is 19.2 Å². The van der Waals surface area contributed by atoms with Gasteiger partial charge in [-0.15, -0.1) is 0 Å². The second-order valence-corrected chi connectivity index (χ2v) is 6.57. The monoisotopic (exact) mass is 300 g/mol. The molecule has 3 rings (SSSR count). The molecule has 2 atom stereocenters. The van der Waals surface area contributed by atoms with E-state index in [0.717, 1.165) is 31.4 Å². The largest absolute Gasteiger partial charge is 0.497 e. The van der Waals surface area contributed by atoms with Gasteiger partial charge < -0.3 is 9.47 Å². The van der Waals surface area contributed by atoms with E-state index in [1.54, 1.807) is 7.11 Å². The van der Waals surface area contributed by atoms with Crippen molar-refractivity contribution in [2.75, 3.05) is 7.11 Å². The zero-order valence-electron chi connectivity index (χ0n) is 13.6. The van der Waals surface area contributed by atoms with Gasteiger partial charge in [-0.05, 0) is 74.3 Å². The molecule has 118 valence electrons. The van der Waals surface area contributed by atoms with Crippen LogP contribution in [0.15, 0.2) is 24.3 Å². The van der Waals surface area contributed by atoms with Gasteiger partial charge in [-0.2, -0.15) is 0 Å².